The molecule has 0 fully saturated rings. The number of nitrogen functional groups attached to an aromatic ring is 1. The predicted octanol–water partition coefficient (Wildman–Crippen LogP) is 3.29. The quantitative estimate of drug-likeness (QED) is 0.248. The van der Waals surface area contributed by atoms with Gasteiger partial charge < -0.3 is 33.6 Å². The van der Waals surface area contributed by atoms with Gasteiger partial charge in [0.25, 0.3) is 0 Å². The number of hydrogen-bond acceptors (Lipinski definition) is 10. The maximum atomic E-state index is 12.9. The van der Waals surface area contributed by atoms with Gasteiger partial charge in [-0.1, -0.05) is 30.3 Å². The fraction of sp³-hybridized carbons (Fsp3) is 0.500. The van der Waals surface area contributed by atoms with E-state index in [-0.39, 0.29) is 37.5 Å². The lowest BCUT2D eigenvalue weighted by molar-refractivity contribution is 0.0553. The molecule has 0 aliphatic carbocycles. The number of fused-ring (bicyclic) bond motifs is 1. The van der Waals surface area contributed by atoms with E-state index in [1.807, 2.05) is 34.9 Å². The van der Waals surface area contributed by atoms with Crippen molar-refractivity contribution in [2.75, 3.05) is 45.6 Å². The first-order valence-electron chi connectivity index (χ1n) is 11.1. The summed E-state index contributed by atoms with van der Waals surface area (Å²) in [5.41, 5.74) is 8.12. The molecule has 0 saturated carbocycles. The lowest BCUT2D eigenvalue weighted by atomic mass is 10.1. The van der Waals surface area contributed by atoms with Gasteiger partial charge in [-0.15, -0.1) is 0 Å². The number of benzene rings is 1. The zero-order valence-corrected chi connectivity index (χ0v) is 20.6. The van der Waals surface area contributed by atoms with Crippen molar-refractivity contribution in [2.24, 2.45) is 0 Å². The molecule has 1 unspecified atom stereocenters. The smallest absolute Gasteiger partial charge is 0.356 e. The Balaban J connectivity index is 1.84. The molecule has 3 rings (SSSR count). The predicted molar refractivity (Wildman–Crippen MR) is 128 cm³/mol. The zero-order valence-electron chi connectivity index (χ0n) is 19.8. The van der Waals surface area contributed by atoms with Crippen molar-refractivity contribution in [3.05, 3.63) is 42.2 Å². The Morgan fingerprint density at radius 2 is 1.82 bits per heavy atom. The molecule has 11 nitrogen and oxygen atoms in total. The van der Waals surface area contributed by atoms with Crippen molar-refractivity contribution in [3.8, 4) is 6.01 Å². The second-order valence-electron chi connectivity index (χ2n) is 7.36. The molecule has 0 saturated heterocycles. The van der Waals surface area contributed by atoms with E-state index in [4.69, 9.17) is 29.0 Å². The topological polar surface area (TPSA) is 133 Å². The van der Waals surface area contributed by atoms with Crippen LogP contribution in [0, 0.1) is 0 Å². The van der Waals surface area contributed by atoms with Gasteiger partial charge in [-0.2, -0.15) is 9.97 Å². The lowest BCUT2D eigenvalue weighted by Crippen LogP contribution is -2.24. The molecule has 2 heterocycles. The number of nitrogens with two attached hydrogens (primary N) is 1. The summed E-state index contributed by atoms with van der Waals surface area (Å²) in [6, 6.07) is 10.0. The number of rotatable bonds is 15. The first kappa shape index (κ1) is 26.1. The molecule has 2 aromatic heterocycles. The molecule has 0 aliphatic rings. The third-order valence-electron chi connectivity index (χ3n) is 4.82. The minimum atomic E-state index is -3.37. The molecule has 0 aliphatic heterocycles. The number of anilines is 1. The van der Waals surface area contributed by atoms with Crippen LogP contribution in [0.2, 0.25) is 0 Å². The number of hydrogen-bond donors (Lipinski definition) is 1. The first-order valence-corrected chi connectivity index (χ1v) is 12.8. The van der Waals surface area contributed by atoms with Gasteiger partial charge >= 0.3 is 13.6 Å². The molecule has 0 radical (unpaired) electrons. The number of imidazole rings is 1. The maximum absolute atomic E-state index is 12.9. The number of methoxy groups -OCH3 is 1. The van der Waals surface area contributed by atoms with E-state index in [0.29, 0.717) is 37.3 Å². The van der Waals surface area contributed by atoms with Gasteiger partial charge in [0.05, 0.1) is 38.8 Å². The fourth-order valence-corrected chi connectivity index (χ4v) is 4.74. The largest absolute Gasteiger partial charge is 0.461 e. The number of nitrogens with zero attached hydrogens (tertiary/aromatic N) is 4. The van der Waals surface area contributed by atoms with Crippen LogP contribution in [-0.4, -0.2) is 65.5 Å². The minimum Gasteiger partial charge on any atom is -0.461 e. The summed E-state index contributed by atoms with van der Waals surface area (Å²) in [7, 11) is -1.79. The zero-order chi connectivity index (χ0) is 24.4. The molecular formula is C22H32N5O6P. The molecule has 2 N–H and O–H groups in total. The molecule has 3 aromatic rings. The van der Waals surface area contributed by atoms with Crippen LogP contribution in [0.1, 0.15) is 19.4 Å². The van der Waals surface area contributed by atoms with Crippen LogP contribution in [0.5, 0.6) is 6.01 Å². The summed E-state index contributed by atoms with van der Waals surface area (Å²) in [6.45, 7) is 5.11. The van der Waals surface area contributed by atoms with Gasteiger partial charge in [0, 0.05) is 13.5 Å². The Morgan fingerprint density at radius 1 is 1.09 bits per heavy atom. The van der Waals surface area contributed by atoms with E-state index < -0.39 is 7.60 Å². The van der Waals surface area contributed by atoms with E-state index in [1.165, 1.54) is 0 Å². The summed E-state index contributed by atoms with van der Waals surface area (Å²) in [4.78, 5) is 13.0. The van der Waals surface area contributed by atoms with Gasteiger partial charge in [-0.25, -0.2) is 4.98 Å². The molecular weight excluding hydrogens is 461 g/mol. The average molecular weight is 494 g/mol. The fourth-order valence-electron chi connectivity index (χ4n) is 3.33. The summed E-state index contributed by atoms with van der Waals surface area (Å²) >= 11 is 0. The number of ether oxygens (including phenoxy) is 3. The average Bonchev–Trinajstić information content (AvgIpc) is 3.22. The van der Waals surface area contributed by atoms with Crippen LogP contribution in [0.15, 0.2) is 36.7 Å². The highest BCUT2D eigenvalue weighted by Crippen LogP contribution is 2.48. The van der Waals surface area contributed by atoms with Gasteiger partial charge in [0.1, 0.15) is 13.0 Å². The molecule has 34 heavy (non-hydrogen) atoms. The van der Waals surface area contributed by atoms with Gasteiger partial charge in [0.2, 0.25) is 0 Å². The molecule has 12 heteroatoms. The third-order valence-corrected chi connectivity index (χ3v) is 6.58. The lowest BCUT2D eigenvalue weighted by Gasteiger charge is -2.23. The third kappa shape index (κ3) is 7.22. The van der Waals surface area contributed by atoms with Gasteiger partial charge in [-0.05, 0) is 19.4 Å². The van der Waals surface area contributed by atoms with Crippen molar-refractivity contribution >= 4 is 24.6 Å². The van der Waals surface area contributed by atoms with E-state index >= 15 is 0 Å². The van der Waals surface area contributed by atoms with E-state index in [9.17, 15) is 4.57 Å². The molecule has 0 amide bonds. The maximum Gasteiger partial charge on any atom is 0.356 e. The Labute approximate surface area is 199 Å². The van der Waals surface area contributed by atoms with Crippen LogP contribution in [0.4, 0.5) is 5.82 Å². The van der Waals surface area contributed by atoms with Crippen LogP contribution < -0.4 is 10.5 Å². The molecule has 1 aromatic carbocycles. The van der Waals surface area contributed by atoms with Crippen molar-refractivity contribution in [3.63, 3.8) is 0 Å². The molecule has 0 spiro atoms. The summed E-state index contributed by atoms with van der Waals surface area (Å²) in [6.07, 6.45) is 1.65. The standard InChI is InChI=1S/C22H32N5O6P/c1-4-32-34(28,33-5-2)16-31-18(13-17-9-7-6-8-10-17)14-27-15-24-19-20(23)25-22(26-21(19)27)30-12-11-29-3/h6-10,15,18H,4-5,11-14,16H2,1-3H3,(H2,23,25,26). The highest BCUT2D eigenvalue weighted by atomic mass is 31.2. The van der Waals surface area contributed by atoms with Crippen LogP contribution in [-0.2, 0) is 36.1 Å². The minimum absolute atomic E-state index is 0.140. The van der Waals surface area contributed by atoms with Crippen molar-refractivity contribution in [2.45, 2.75) is 32.9 Å². The highest BCUT2D eigenvalue weighted by Gasteiger charge is 2.27. The Kier molecular flexibility index (Phi) is 9.79. The van der Waals surface area contributed by atoms with Crippen LogP contribution in [0.25, 0.3) is 11.2 Å². The molecule has 186 valence electrons. The normalized spacial score (nSPS) is 12.8. The molecule has 1 atom stereocenters. The van der Waals surface area contributed by atoms with Crippen LogP contribution >= 0.6 is 7.60 Å². The second-order valence-corrected chi connectivity index (χ2v) is 9.35. The first-order chi connectivity index (χ1) is 16.5. The molecule has 0 bridgehead atoms. The summed E-state index contributed by atoms with van der Waals surface area (Å²) < 4.78 is 42.2. The Bertz CT molecular complexity index is 1070. The second kappa shape index (κ2) is 12.8. The monoisotopic (exact) mass is 493 g/mol. The summed E-state index contributed by atoms with van der Waals surface area (Å²) in [5, 5.41) is 0. The van der Waals surface area contributed by atoms with Crippen molar-refractivity contribution < 1.29 is 27.8 Å². The van der Waals surface area contributed by atoms with Crippen molar-refractivity contribution in [1.29, 1.82) is 0 Å². The van der Waals surface area contributed by atoms with E-state index in [0.717, 1.165) is 5.56 Å². The van der Waals surface area contributed by atoms with E-state index in [2.05, 4.69) is 15.0 Å². The Hall–Kier alpha value is -2.56. The van der Waals surface area contributed by atoms with Gasteiger partial charge in [0.15, 0.2) is 17.0 Å². The van der Waals surface area contributed by atoms with E-state index in [1.54, 1.807) is 27.3 Å². The SMILES string of the molecule is CCOP(=O)(COC(Cc1ccccc1)Cn1cnc2c(N)nc(OCCOC)nc21)OCC. The Morgan fingerprint density at radius 3 is 2.50 bits per heavy atom. The highest BCUT2D eigenvalue weighted by molar-refractivity contribution is 7.53. The van der Waals surface area contributed by atoms with Crippen molar-refractivity contribution in [1.82, 2.24) is 19.5 Å². The summed E-state index contributed by atoms with van der Waals surface area (Å²) in [5.74, 6) is 0.217. The van der Waals surface area contributed by atoms with Crippen LogP contribution in [0.3, 0.4) is 0 Å². The van der Waals surface area contributed by atoms with Gasteiger partial charge in [-0.3, -0.25) is 4.57 Å². The number of aromatic nitrogens is 4.